The Bertz CT molecular complexity index is 536. The van der Waals surface area contributed by atoms with Crippen molar-refractivity contribution in [3.63, 3.8) is 0 Å². The highest BCUT2D eigenvalue weighted by Gasteiger charge is 2.19. The van der Waals surface area contributed by atoms with Crippen LogP contribution in [0.3, 0.4) is 0 Å². The summed E-state index contributed by atoms with van der Waals surface area (Å²) in [7, 11) is 0. The van der Waals surface area contributed by atoms with Gasteiger partial charge in [-0.05, 0) is 50.0 Å². The van der Waals surface area contributed by atoms with Crippen LogP contribution >= 0.6 is 0 Å². The van der Waals surface area contributed by atoms with Gasteiger partial charge in [-0.25, -0.2) is 4.98 Å². The molecule has 1 aromatic heterocycles. The second-order valence-corrected chi connectivity index (χ2v) is 5.63. The van der Waals surface area contributed by atoms with Crippen molar-refractivity contribution in [3.8, 4) is 5.69 Å². The Morgan fingerprint density at radius 3 is 2.65 bits per heavy atom. The van der Waals surface area contributed by atoms with E-state index in [1.165, 1.54) is 36.2 Å². The number of piperidine rings is 1. The van der Waals surface area contributed by atoms with Crippen LogP contribution in [0.25, 0.3) is 5.69 Å². The molecule has 20 heavy (non-hydrogen) atoms. The fourth-order valence-corrected chi connectivity index (χ4v) is 3.05. The normalized spacial score (nSPS) is 16.4. The standard InChI is InChI=1S/C17H23N3/c1-2-3-14-4-6-16(7-5-14)20-13-19-12-17(20)15-8-10-18-11-9-15/h4-7,12-13,15,18H,2-3,8-11H2,1H3. The van der Waals surface area contributed by atoms with Crippen LogP contribution in [0.5, 0.6) is 0 Å². The number of imidazole rings is 1. The zero-order valence-corrected chi connectivity index (χ0v) is 12.2. The van der Waals surface area contributed by atoms with Crippen LogP contribution in [-0.4, -0.2) is 22.6 Å². The van der Waals surface area contributed by atoms with Crippen LogP contribution in [0.4, 0.5) is 0 Å². The maximum absolute atomic E-state index is 4.38. The van der Waals surface area contributed by atoms with Crippen LogP contribution < -0.4 is 5.32 Å². The Kier molecular flexibility index (Phi) is 4.16. The van der Waals surface area contributed by atoms with E-state index in [4.69, 9.17) is 0 Å². The molecular weight excluding hydrogens is 246 g/mol. The number of aromatic nitrogens is 2. The number of nitrogens with zero attached hydrogens (tertiary/aromatic N) is 2. The molecular formula is C17H23N3. The van der Waals surface area contributed by atoms with Gasteiger partial charge in [-0.15, -0.1) is 0 Å². The molecule has 106 valence electrons. The molecule has 0 unspecified atom stereocenters. The van der Waals surface area contributed by atoms with Crippen molar-refractivity contribution >= 4 is 0 Å². The van der Waals surface area contributed by atoms with Crippen molar-refractivity contribution in [1.29, 1.82) is 0 Å². The second kappa shape index (κ2) is 6.23. The number of nitrogens with one attached hydrogen (secondary N) is 1. The second-order valence-electron chi connectivity index (χ2n) is 5.63. The fourth-order valence-electron chi connectivity index (χ4n) is 3.05. The summed E-state index contributed by atoms with van der Waals surface area (Å²) >= 11 is 0. The lowest BCUT2D eigenvalue weighted by Crippen LogP contribution is -2.27. The predicted octanol–water partition coefficient (Wildman–Crippen LogP) is 3.29. The largest absolute Gasteiger partial charge is 0.317 e. The molecule has 0 atom stereocenters. The van der Waals surface area contributed by atoms with Gasteiger partial charge < -0.3 is 9.88 Å². The number of hydrogen-bond donors (Lipinski definition) is 1. The van der Waals surface area contributed by atoms with Gasteiger partial charge in [-0.2, -0.15) is 0 Å². The van der Waals surface area contributed by atoms with Crippen LogP contribution in [0, 0.1) is 0 Å². The van der Waals surface area contributed by atoms with E-state index in [1.54, 1.807) is 0 Å². The third kappa shape index (κ3) is 2.78. The number of aryl methyl sites for hydroxylation is 1. The molecule has 3 nitrogen and oxygen atoms in total. The molecule has 0 radical (unpaired) electrons. The van der Waals surface area contributed by atoms with E-state index < -0.39 is 0 Å². The SMILES string of the molecule is CCCc1ccc(-n2cncc2C2CCNCC2)cc1. The fraction of sp³-hybridized carbons (Fsp3) is 0.471. The first-order valence-corrected chi connectivity index (χ1v) is 7.70. The Labute approximate surface area is 121 Å². The predicted molar refractivity (Wildman–Crippen MR) is 82.4 cm³/mol. The van der Waals surface area contributed by atoms with Crippen molar-refractivity contribution in [3.05, 3.63) is 48.0 Å². The maximum Gasteiger partial charge on any atom is 0.0994 e. The first-order chi connectivity index (χ1) is 9.88. The zero-order valence-electron chi connectivity index (χ0n) is 12.2. The molecule has 1 N–H and O–H groups in total. The lowest BCUT2D eigenvalue weighted by atomic mass is 9.95. The summed E-state index contributed by atoms with van der Waals surface area (Å²) in [6.07, 6.45) is 8.76. The van der Waals surface area contributed by atoms with E-state index in [2.05, 4.69) is 46.1 Å². The molecule has 1 saturated heterocycles. The summed E-state index contributed by atoms with van der Waals surface area (Å²) in [6, 6.07) is 8.92. The average molecular weight is 269 g/mol. The molecule has 1 aliphatic rings. The molecule has 0 bridgehead atoms. The highest BCUT2D eigenvalue weighted by Crippen LogP contribution is 2.27. The van der Waals surface area contributed by atoms with Crippen LogP contribution in [-0.2, 0) is 6.42 Å². The van der Waals surface area contributed by atoms with E-state index in [9.17, 15) is 0 Å². The summed E-state index contributed by atoms with van der Waals surface area (Å²) in [5.74, 6) is 0.633. The molecule has 0 amide bonds. The van der Waals surface area contributed by atoms with Gasteiger partial charge in [0.15, 0.2) is 0 Å². The first kappa shape index (κ1) is 13.4. The molecule has 1 fully saturated rings. The molecule has 3 rings (SSSR count). The average Bonchev–Trinajstić information content (AvgIpc) is 2.99. The van der Waals surface area contributed by atoms with E-state index in [0.29, 0.717) is 5.92 Å². The van der Waals surface area contributed by atoms with Gasteiger partial charge in [0.25, 0.3) is 0 Å². The molecule has 1 aliphatic heterocycles. The van der Waals surface area contributed by atoms with E-state index in [0.717, 1.165) is 19.5 Å². The zero-order chi connectivity index (χ0) is 13.8. The molecule has 0 saturated carbocycles. The maximum atomic E-state index is 4.38. The number of benzene rings is 1. The van der Waals surface area contributed by atoms with Gasteiger partial charge in [-0.3, -0.25) is 0 Å². The lowest BCUT2D eigenvalue weighted by Gasteiger charge is -2.23. The van der Waals surface area contributed by atoms with Crippen molar-refractivity contribution < 1.29 is 0 Å². The minimum Gasteiger partial charge on any atom is -0.317 e. The molecule has 0 spiro atoms. The number of hydrogen-bond acceptors (Lipinski definition) is 2. The summed E-state index contributed by atoms with van der Waals surface area (Å²) in [5.41, 5.74) is 4.01. The quantitative estimate of drug-likeness (QED) is 0.923. The monoisotopic (exact) mass is 269 g/mol. The molecule has 1 aromatic carbocycles. The van der Waals surface area contributed by atoms with Gasteiger partial charge in [0.2, 0.25) is 0 Å². The third-order valence-electron chi connectivity index (χ3n) is 4.18. The molecule has 0 aliphatic carbocycles. The van der Waals surface area contributed by atoms with E-state index >= 15 is 0 Å². The molecule has 3 heteroatoms. The summed E-state index contributed by atoms with van der Waals surface area (Å²) < 4.78 is 2.26. The minimum atomic E-state index is 0.633. The highest BCUT2D eigenvalue weighted by molar-refractivity contribution is 5.37. The van der Waals surface area contributed by atoms with Crippen molar-refractivity contribution in [2.45, 2.75) is 38.5 Å². The van der Waals surface area contributed by atoms with Crippen LogP contribution in [0.15, 0.2) is 36.8 Å². The Morgan fingerprint density at radius 1 is 1.20 bits per heavy atom. The Hall–Kier alpha value is -1.61. The highest BCUT2D eigenvalue weighted by atomic mass is 15.1. The Morgan fingerprint density at radius 2 is 1.95 bits per heavy atom. The summed E-state index contributed by atoms with van der Waals surface area (Å²) in [5, 5.41) is 3.43. The van der Waals surface area contributed by atoms with Gasteiger partial charge in [0.1, 0.15) is 0 Å². The van der Waals surface area contributed by atoms with Crippen LogP contribution in [0.1, 0.15) is 43.4 Å². The van der Waals surface area contributed by atoms with Crippen LogP contribution in [0.2, 0.25) is 0 Å². The topological polar surface area (TPSA) is 29.9 Å². The number of rotatable bonds is 4. The summed E-state index contributed by atoms with van der Waals surface area (Å²) in [6.45, 7) is 4.45. The smallest absolute Gasteiger partial charge is 0.0994 e. The van der Waals surface area contributed by atoms with Crippen molar-refractivity contribution in [2.75, 3.05) is 13.1 Å². The van der Waals surface area contributed by atoms with E-state index in [-0.39, 0.29) is 0 Å². The Balaban J connectivity index is 1.84. The van der Waals surface area contributed by atoms with Gasteiger partial charge in [-0.1, -0.05) is 25.5 Å². The molecule has 2 aromatic rings. The van der Waals surface area contributed by atoms with Crippen molar-refractivity contribution in [1.82, 2.24) is 14.9 Å². The van der Waals surface area contributed by atoms with Crippen molar-refractivity contribution in [2.24, 2.45) is 0 Å². The van der Waals surface area contributed by atoms with Gasteiger partial charge in [0.05, 0.1) is 6.33 Å². The van der Waals surface area contributed by atoms with Gasteiger partial charge in [0, 0.05) is 23.5 Å². The molecule has 2 heterocycles. The first-order valence-electron chi connectivity index (χ1n) is 7.70. The minimum absolute atomic E-state index is 0.633. The lowest BCUT2D eigenvalue weighted by molar-refractivity contribution is 0.449. The third-order valence-corrected chi connectivity index (χ3v) is 4.18. The van der Waals surface area contributed by atoms with Gasteiger partial charge >= 0.3 is 0 Å². The van der Waals surface area contributed by atoms with E-state index in [1.807, 2.05) is 12.5 Å². The summed E-state index contributed by atoms with van der Waals surface area (Å²) in [4.78, 5) is 4.38.